The molecule has 1 N–H and O–H groups in total. The number of rotatable bonds is 2. The minimum Gasteiger partial charge on any atom is -0.450 e. The van der Waals surface area contributed by atoms with Crippen LogP contribution in [0, 0.1) is 0 Å². The Morgan fingerprint density at radius 1 is 1.58 bits per heavy atom. The van der Waals surface area contributed by atoms with Gasteiger partial charge in [-0.2, -0.15) is 0 Å². The van der Waals surface area contributed by atoms with Crippen LogP contribution in [0.5, 0.6) is 0 Å². The van der Waals surface area contributed by atoms with E-state index in [2.05, 4.69) is 10.1 Å². The van der Waals surface area contributed by atoms with E-state index in [1.54, 1.807) is 6.92 Å². The van der Waals surface area contributed by atoms with Crippen LogP contribution in [-0.2, 0) is 14.6 Å². The van der Waals surface area contributed by atoms with Crippen molar-refractivity contribution in [2.24, 2.45) is 0 Å². The lowest BCUT2D eigenvalue weighted by Gasteiger charge is -2.25. The van der Waals surface area contributed by atoms with Crippen molar-refractivity contribution in [1.29, 1.82) is 0 Å². The number of hydrogen-bond donors (Lipinski definition) is 1. The Bertz CT molecular complexity index is 259. The maximum atomic E-state index is 10.7. The molecule has 12 heavy (non-hydrogen) atoms. The van der Waals surface area contributed by atoms with E-state index in [1.165, 1.54) is 0 Å². The summed E-state index contributed by atoms with van der Waals surface area (Å²) in [6.45, 7) is 1.99. The van der Waals surface area contributed by atoms with Gasteiger partial charge >= 0.3 is 6.09 Å². The van der Waals surface area contributed by atoms with Crippen LogP contribution in [0.25, 0.3) is 0 Å². The van der Waals surface area contributed by atoms with E-state index in [4.69, 9.17) is 0 Å². The maximum Gasteiger partial charge on any atom is 0.407 e. The summed E-state index contributed by atoms with van der Waals surface area (Å²) in [6.07, 6.45) is -0.544. The first-order valence-corrected chi connectivity index (χ1v) is 5.49. The average molecular weight is 193 g/mol. The van der Waals surface area contributed by atoms with E-state index in [-0.39, 0.29) is 17.5 Å². The quantitative estimate of drug-likeness (QED) is 0.643. The summed E-state index contributed by atoms with van der Waals surface area (Å²) < 4.78 is 25.9. The van der Waals surface area contributed by atoms with Crippen molar-refractivity contribution in [3.63, 3.8) is 0 Å². The van der Waals surface area contributed by atoms with Crippen LogP contribution >= 0.6 is 0 Å². The highest BCUT2D eigenvalue weighted by molar-refractivity contribution is 7.92. The molecule has 6 heteroatoms. The second-order valence-electron chi connectivity index (χ2n) is 2.64. The fraction of sp³-hybridized carbons (Fsp3) is 0.833. The number of hydrogen-bond acceptors (Lipinski definition) is 4. The van der Waals surface area contributed by atoms with Crippen molar-refractivity contribution < 1.29 is 17.9 Å². The lowest BCUT2D eigenvalue weighted by atomic mass is 10.4. The third-order valence-corrected chi connectivity index (χ3v) is 3.33. The molecule has 70 valence electrons. The van der Waals surface area contributed by atoms with Crippen molar-refractivity contribution in [3.05, 3.63) is 0 Å². The number of carbonyl (C=O) groups excluding carboxylic acids is 1. The zero-order chi connectivity index (χ0) is 9.19. The highest BCUT2D eigenvalue weighted by Crippen LogP contribution is 2.09. The van der Waals surface area contributed by atoms with Crippen molar-refractivity contribution in [1.82, 2.24) is 5.32 Å². The standard InChI is InChI=1S/C6H11NO4S/c1-2-11-6(8)7-5-3-12(9,10)4-5/h5H,2-4H2,1H3,(H,7,8). The van der Waals surface area contributed by atoms with Gasteiger partial charge in [-0.25, -0.2) is 13.2 Å². The third-order valence-electron chi connectivity index (χ3n) is 1.51. The Labute approximate surface area is 71.0 Å². The Balaban J connectivity index is 2.23. The van der Waals surface area contributed by atoms with Crippen molar-refractivity contribution >= 4 is 15.9 Å². The van der Waals surface area contributed by atoms with Gasteiger partial charge in [0.1, 0.15) is 0 Å². The van der Waals surface area contributed by atoms with Gasteiger partial charge in [0.15, 0.2) is 9.84 Å². The topological polar surface area (TPSA) is 72.5 Å². The molecule has 0 spiro atoms. The summed E-state index contributed by atoms with van der Waals surface area (Å²) in [5.41, 5.74) is 0. The molecule has 0 radical (unpaired) electrons. The Morgan fingerprint density at radius 3 is 2.58 bits per heavy atom. The zero-order valence-corrected chi connectivity index (χ0v) is 7.56. The fourth-order valence-corrected chi connectivity index (χ4v) is 2.28. The molecule has 1 saturated heterocycles. The van der Waals surface area contributed by atoms with Crippen LogP contribution in [0.15, 0.2) is 0 Å². The van der Waals surface area contributed by atoms with E-state index in [0.29, 0.717) is 6.61 Å². The summed E-state index contributed by atoms with van der Waals surface area (Å²) in [5.74, 6) is 0.0671. The van der Waals surface area contributed by atoms with E-state index in [1.807, 2.05) is 0 Å². The third kappa shape index (κ3) is 2.37. The van der Waals surface area contributed by atoms with Crippen LogP contribution in [-0.4, -0.2) is 38.7 Å². The molecule has 0 atom stereocenters. The molecule has 1 aliphatic heterocycles. The van der Waals surface area contributed by atoms with Crippen LogP contribution in [0.4, 0.5) is 4.79 Å². The maximum absolute atomic E-state index is 10.7. The van der Waals surface area contributed by atoms with Gasteiger partial charge in [0.2, 0.25) is 0 Å². The predicted octanol–water partition coefficient (Wildman–Crippen LogP) is -0.470. The first kappa shape index (κ1) is 9.31. The van der Waals surface area contributed by atoms with E-state index >= 15 is 0 Å². The number of nitrogens with one attached hydrogen (secondary N) is 1. The van der Waals surface area contributed by atoms with Crippen LogP contribution in [0.3, 0.4) is 0 Å². The smallest absolute Gasteiger partial charge is 0.407 e. The summed E-state index contributed by atoms with van der Waals surface area (Å²) in [7, 11) is -2.86. The molecule has 1 fully saturated rings. The second kappa shape index (κ2) is 3.30. The molecule has 0 saturated carbocycles. The van der Waals surface area contributed by atoms with Gasteiger partial charge in [-0.3, -0.25) is 0 Å². The lowest BCUT2D eigenvalue weighted by molar-refractivity contribution is 0.149. The van der Waals surface area contributed by atoms with Gasteiger partial charge < -0.3 is 10.1 Å². The average Bonchev–Trinajstić information content (AvgIpc) is 1.83. The normalized spacial score (nSPS) is 21.1. The summed E-state index contributed by atoms with van der Waals surface area (Å²) >= 11 is 0. The molecule has 5 nitrogen and oxygen atoms in total. The molecule has 0 unspecified atom stereocenters. The monoisotopic (exact) mass is 193 g/mol. The van der Waals surface area contributed by atoms with Gasteiger partial charge in [-0.15, -0.1) is 0 Å². The van der Waals surface area contributed by atoms with Gasteiger partial charge in [-0.05, 0) is 6.92 Å². The van der Waals surface area contributed by atoms with Gasteiger partial charge in [-0.1, -0.05) is 0 Å². The molecule has 0 aromatic rings. The Hall–Kier alpha value is -0.780. The highest BCUT2D eigenvalue weighted by Gasteiger charge is 2.34. The first-order valence-electron chi connectivity index (χ1n) is 3.67. The molecule has 0 bridgehead atoms. The molecule has 1 rings (SSSR count). The van der Waals surface area contributed by atoms with Crippen molar-refractivity contribution in [2.45, 2.75) is 13.0 Å². The first-order chi connectivity index (χ1) is 5.53. The van der Waals surface area contributed by atoms with E-state index in [9.17, 15) is 13.2 Å². The van der Waals surface area contributed by atoms with Gasteiger partial charge in [0.25, 0.3) is 0 Å². The number of ether oxygens (including phenoxy) is 1. The van der Waals surface area contributed by atoms with Gasteiger partial charge in [0.05, 0.1) is 24.2 Å². The lowest BCUT2D eigenvalue weighted by Crippen LogP contribution is -2.53. The molecule has 0 aromatic carbocycles. The van der Waals surface area contributed by atoms with Crippen LogP contribution < -0.4 is 5.32 Å². The molecule has 1 aliphatic rings. The zero-order valence-electron chi connectivity index (χ0n) is 6.74. The minimum absolute atomic E-state index is 0.0335. The number of amides is 1. The van der Waals surface area contributed by atoms with Crippen LogP contribution in [0.1, 0.15) is 6.92 Å². The van der Waals surface area contributed by atoms with Crippen molar-refractivity contribution in [2.75, 3.05) is 18.1 Å². The largest absolute Gasteiger partial charge is 0.450 e. The Kier molecular flexibility index (Phi) is 2.56. The predicted molar refractivity (Wildman–Crippen MR) is 42.6 cm³/mol. The van der Waals surface area contributed by atoms with E-state index < -0.39 is 15.9 Å². The highest BCUT2D eigenvalue weighted by atomic mass is 32.2. The second-order valence-corrected chi connectivity index (χ2v) is 4.79. The summed E-state index contributed by atoms with van der Waals surface area (Å²) in [4.78, 5) is 10.7. The SMILES string of the molecule is CCOC(=O)NC1CS(=O)(=O)C1. The minimum atomic E-state index is -2.86. The van der Waals surface area contributed by atoms with Crippen LogP contribution in [0.2, 0.25) is 0 Å². The van der Waals surface area contributed by atoms with Crippen molar-refractivity contribution in [3.8, 4) is 0 Å². The molecule has 0 aliphatic carbocycles. The number of alkyl carbamates (subject to hydrolysis) is 1. The van der Waals surface area contributed by atoms with Gasteiger partial charge in [0, 0.05) is 0 Å². The molecule has 1 amide bonds. The number of carbonyl (C=O) groups is 1. The summed E-state index contributed by atoms with van der Waals surface area (Å²) in [5, 5.41) is 2.43. The number of sulfone groups is 1. The molecular formula is C6H11NO4S. The fourth-order valence-electron chi connectivity index (χ4n) is 0.987. The molecular weight excluding hydrogens is 182 g/mol. The van der Waals surface area contributed by atoms with E-state index in [0.717, 1.165) is 0 Å². The molecule has 0 aromatic heterocycles. The Morgan fingerprint density at radius 2 is 2.17 bits per heavy atom. The molecule has 1 heterocycles. The summed E-state index contributed by atoms with van der Waals surface area (Å²) in [6, 6.07) is -0.256.